The molecule has 0 heterocycles. The highest BCUT2D eigenvalue weighted by molar-refractivity contribution is 6.20. The molecule has 0 spiro atoms. The molecule has 1 N–H and O–H groups in total. The van der Waals surface area contributed by atoms with Crippen LogP contribution in [0.1, 0.15) is 30.1 Å². The number of rotatable bonds is 6. The van der Waals surface area contributed by atoms with Crippen LogP contribution in [0.25, 0.3) is 0 Å². The van der Waals surface area contributed by atoms with E-state index in [0.717, 1.165) is 31.0 Å². The van der Waals surface area contributed by atoms with Gasteiger partial charge in [0.1, 0.15) is 5.82 Å². The number of carbonyl (C=O) groups excluding carboxylic acids is 1. The van der Waals surface area contributed by atoms with Crippen molar-refractivity contribution in [2.24, 2.45) is 0 Å². The van der Waals surface area contributed by atoms with Gasteiger partial charge in [-0.3, -0.25) is 14.9 Å². The zero-order valence-electron chi connectivity index (χ0n) is 10.4. The number of halogens is 2. The van der Waals surface area contributed by atoms with Gasteiger partial charge in [0, 0.05) is 12.6 Å². The molecule has 5 nitrogen and oxygen atoms in total. The average molecular weight is 289 g/mol. The highest BCUT2D eigenvalue weighted by Crippen LogP contribution is 2.16. The normalized spacial score (nSPS) is 11.9. The lowest BCUT2D eigenvalue weighted by molar-refractivity contribution is -0.385. The van der Waals surface area contributed by atoms with E-state index in [1.54, 1.807) is 0 Å². The summed E-state index contributed by atoms with van der Waals surface area (Å²) in [4.78, 5) is 21.4. The van der Waals surface area contributed by atoms with Crippen LogP contribution in [0, 0.1) is 15.9 Å². The van der Waals surface area contributed by atoms with Gasteiger partial charge in [-0.05, 0) is 12.5 Å². The van der Waals surface area contributed by atoms with Crippen molar-refractivity contribution in [2.75, 3.05) is 6.54 Å². The molecule has 0 bridgehead atoms. The molecule has 1 amide bonds. The van der Waals surface area contributed by atoms with E-state index in [-0.39, 0.29) is 17.5 Å². The van der Waals surface area contributed by atoms with Gasteiger partial charge in [0.2, 0.25) is 0 Å². The van der Waals surface area contributed by atoms with Gasteiger partial charge >= 0.3 is 0 Å². The fourth-order valence-corrected chi connectivity index (χ4v) is 1.81. The Kier molecular flexibility index (Phi) is 5.69. The standard InChI is InChI=1S/C12H14ClFN2O3/c1-2-3-8(13)7-15-12(17)10-5-4-9(16(18)19)6-11(10)14/h4-6,8H,2-3,7H2,1H3,(H,15,17). The number of carbonyl (C=O) groups is 1. The fourth-order valence-electron chi connectivity index (χ4n) is 1.52. The number of amides is 1. The van der Waals surface area contributed by atoms with Crippen molar-refractivity contribution in [3.63, 3.8) is 0 Å². The molecule has 1 atom stereocenters. The quantitative estimate of drug-likeness (QED) is 0.497. The van der Waals surface area contributed by atoms with Gasteiger partial charge in [-0.25, -0.2) is 4.39 Å². The van der Waals surface area contributed by atoms with E-state index in [9.17, 15) is 19.3 Å². The lowest BCUT2D eigenvalue weighted by Crippen LogP contribution is -2.30. The van der Waals surface area contributed by atoms with Crippen LogP contribution in [-0.4, -0.2) is 22.8 Å². The Bertz CT molecular complexity index is 482. The highest BCUT2D eigenvalue weighted by atomic mass is 35.5. The number of hydrogen-bond donors (Lipinski definition) is 1. The first-order valence-corrected chi connectivity index (χ1v) is 6.25. The van der Waals surface area contributed by atoms with Gasteiger partial charge in [-0.15, -0.1) is 11.6 Å². The Balaban J connectivity index is 2.70. The van der Waals surface area contributed by atoms with Crippen molar-refractivity contribution >= 4 is 23.2 Å². The lowest BCUT2D eigenvalue weighted by atomic mass is 10.1. The summed E-state index contributed by atoms with van der Waals surface area (Å²) < 4.78 is 13.5. The molecule has 1 unspecified atom stereocenters. The minimum Gasteiger partial charge on any atom is -0.350 e. The third kappa shape index (κ3) is 4.48. The second-order valence-corrected chi connectivity index (χ2v) is 4.63. The number of nitrogens with one attached hydrogen (secondary N) is 1. The van der Waals surface area contributed by atoms with Gasteiger partial charge in [-0.2, -0.15) is 0 Å². The summed E-state index contributed by atoms with van der Waals surface area (Å²) in [5.74, 6) is -1.55. The number of benzene rings is 1. The van der Waals surface area contributed by atoms with Crippen LogP contribution in [0.3, 0.4) is 0 Å². The van der Waals surface area contributed by atoms with Crippen LogP contribution in [0.5, 0.6) is 0 Å². The second kappa shape index (κ2) is 7.04. The molecule has 104 valence electrons. The number of nitro groups is 1. The van der Waals surface area contributed by atoms with E-state index < -0.39 is 22.3 Å². The Hall–Kier alpha value is -1.69. The Labute approximate surface area is 114 Å². The fraction of sp³-hybridized carbons (Fsp3) is 0.417. The maximum absolute atomic E-state index is 13.5. The molecule has 1 rings (SSSR count). The maximum Gasteiger partial charge on any atom is 0.272 e. The first-order valence-electron chi connectivity index (χ1n) is 5.82. The van der Waals surface area contributed by atoms with Crippen molar-refractivity contribution in [2.45, 2.75) is 25.1 Å². The molecule has 7 heteroatoms. The zero-order valence-corrected chi connectivity index (χ0v) is 11.1. The topological polar surface area (TPSA) is 72.2 Å². The minimum absolute atomic E-state index is 0.213. The van der Waals surface area contributed by atoms with Gasteiger partial charge in [0.05, 0.1) is 21.9 Å². The number of hydrogen-bond acceptors (Lipinski definition) is 3. The van der Waals surface area contributed by atoms with Crippen LogP contribution in [0.15, 0.2) is 18.2 Å². The van der Waals surface area contributed by atoms with Crippen LogP contribution in [0.4, 0.5) is 10.1 Å². The van der Waals surface area contributed by atoms with Crippen molar-refractivity contribution in [1.29, 1.82) is 0 Å². The van der Waals surface area contributed by atoms with Gasteiger partial charge in [-0.1, -0.05) is 13.3 Å². The summed E-state index contributed by atoms with van der Waals surface area (Å²) in [6.07, 6.45) is 1.63. The molecule has 0 saturated heterocycles. The monoisotopic (exact) mass is 288 g/mol. The summed E-state index contributed by atoms with van der Waals surface area (Å²) in [5.41, 5.74) is -0.624. The van der Waals surface area contributed by atoms with E-state index in [1.165, 1.54) is 0 Å². The summed E-state index contributed by atoms with van der Waals surface area (Å²) in [6, 6.07) is 2.90. The molecular weight excluding hydrogens is 275 g/mol. The van der Waals surface area contributed by atoms with Gasteiger partial charge < -0.3 is 5.32 Å². The molecule has 0 aromatic heterocycles. The molecule has 1 aromatic carbocycles. The van der Waals surface area contributed by atoms with Crippen LogP contribution in [-0.2, 0) is 0 Å². The second-order valence-electron chi connectivity index (χ2n) is 4.02. The molecule has 19 heavy (non-hydrogen) atoms. The zero-order chi connectivity index (χ0) is 14.4. The molecule has 0 aliphatic carbocycles. The third-order valence-corrected chi connectivity index (χ3v) is 2.87. The van der Waals surface area contributed by atoms with E-state index in [1.807, 2.05) is 6.92 Å². The molecule has 0 aliphatic rings. The lowest BCUT2D eigenvalue weighted by Gasteiger charge is -2.10. The smallest absolute Gasteiger partial charge is 0.272 e. The van der Waals surface area contributed by atoms with Crippen LogP contribution in [0.2, 0.25) is 0 Å². The SMILES string of the molecule is CCCC(Cl)CNC(=O)c1ccc([N+](=O)[O-])cc1F. The largest absolute Gasteiger partial charge is 0.350 e. The van der Waals surface area contributed by atoms with E-state index in [0.29, 0.717) is 0 Å². The van der Waals surface area contributed by atoms with Crippen molar-refractivity contribution in [3.05, 3.63) is 39.7 Å². The van der Waals surface area contributed by atoms with E-state index in [2.05, 4.69) is 5.32 Å². The summed E-state index contributed by atoms with van der Waals surface area (Å²) >= 11 is 5.92. The number of non-ortho nitro benzene ring substituents is 1. The van der Waals surface area contributed by atoms with Gasteiger partial charge in [0.25, 0.3) is 11.6 Å². The van der Waals surface area contributed by atoms with Crippen molar-refractivity contribution in [3.8, 4) is 0 Å². The Morgan fingerprint density at radius 3 is 2.79 bits per heavy atom. The Morgan fingerprint density at radius 1 is 1.58 bits per heavy atom. The third-order valence-electron chi connectivity index (χ3n) is 2.49. The molecule has 0 saturated carbocycles. The van der Waals surface area contributed by atoms with Crippen molar-refractivity contribution < 1.29 is 14.1 Å². The summed E-state index contributed by atoms with van der Waals surface area (Å²) in [5, 5.41) is 12.7. The van der Waals surface area contributed by atoms with Crippen LogP contribution < -0.4 is 5.32 Å². The number of alkyl halides is 1. The maximum atomic E-state index is 13.5. The number of nitrogens with zero attached hydrogens (tertiary/aromatic N) is 1. The van der Waals surface area contributed by atoms with Gasteiger partial charge in [0.15, 0.2) is 0 Å². The predicted molar refractivity (Wildman–Crippen MR) is 69.9 cm³/mol. The molecule has 1 aromatic rings. The average Bonchev–Trinajstić information content (AvgIpc) is 2.36. The molecule has 0 fully saturated rings. The predicted octanol–water partition coefficient (Wildman–Crippen LogP) is 2.87. The molecular formula is C12H14ClFN2O3. The van der Waals surface area contributed by atoms with E-state index >= 15 is 0 Å². The molecule has 0 aliphatic heterocycles. The summed E-state index contributed by atoms with van der Waals surface area (Å²) in [7, 11) is 0. The number of nitro benzene ring substituents is 1. The minimum atomic E-state index is -0.923. The van der Waals surface area contributed by atoms with E-state index in [4.69, 9.17) is 11.6 Å². The Morgan fingerprint density at radius 2 is 2.26 bits per heavy atom. The first-order chi connectivity index (χ1) is 8.95. The summed E-state index contributed by atoms with van der Waals surface area (Å²) in [6.45, 7) is 2.19. The first kappa shape index (κ1) is 15.4. The van der Waals surface area contributed by atoms with Crippen molar-refractivity contribution in [1.82, 2.24) is 5.32 Å². The van der Waals surface area contributed by atoms with Crippen LogP contribution >= 0.6 is 11.6 Å². The highest BCUT2D eigenvalue weighted by Gasteiger charge is 2.16. The molecule has 0 radical (unpaired) electrons.